The molecule has 0 saturated heterocycles. The van der Waals surface area contributed by atoms with Crippen LogP contribution in [0.4, 0.5) is 5.69 Å². The first-order valence-corrected chi connectivity index (χ1v) is 8.32. The van der Waals surface area contributed by atoms with Gasteiger partial charge in [-0.2, -0.15) is 0 Å². The zero-order valence-corrected chi connectivity index (χ0v) is 15.0. The molecule has 0 saturated carbocycles. The van der Waals surface area contributed by atoms with E-state index in [1.54, 1.807) is 0 Å². The Kier molecular flexibility index (Phi) is 4.66. The lowest BCUT2D eigenvalue weighted by molar-refractivity contribution is -0.462. The topological polar surface area (TPSA) is 6.25 Å². The van der Waals surface area contributed by atoms with E-state index in [2.05, 4.69) is 104 Å². The van der Waals surface area contributed by atoms with Crippen molar-refractivity contribution in [2.24, 2.45) is 0 Å². The molecular formula is C22H25N2+. The third-order valence-electron chi connectivity index (χ3n) is 4.30. The SMILES string of the molecule is CN(C)c1ccc(C=C2C=C(C=C3C=CC(=[N+](C)C)C=C3)C2)cc1. The highest BCUT2D eigenvalue weighted by Gasteiger charge is 2.11. The van der Waals surface area contributed by atoms with Gasteiger partial charge in [-0.25, -0.2) is 4.58 Å². The molecule has 2 aliphatic carbocycles. The van der Waals surface area contributed by atoms with Gasteiger partial charge in [0.1, 0.15) is 14.1 Å². The molecule has 0 unspecified atom stereocenters. The van der Waals surface area contributed by atoms with Crippen molar-refractivity contribution in [3.63, 3.8) is 0 Å². The van der Waals surface area contributed by atoms with Crippen LogP contribution < -0.4 is 4.90 Å². The Morgan fingerprint density at radius 1 is 0.917 bits per heavy atom. The summed E-state index contributed by atoms with van der Waals surface area (Å²) in [4.78, 5) is 2.12. The van der Waals surface area contributed by atoms with Gasteiger partial charge >= 0.3 is 0 Å². The monoisotopic (exact) mass is 317 g/mol. The zero-order chi connectivity index (χ0) is 17.1. The minimum absolute atomic E-state index is 1.05. The second kappa shape index (κ2) is 6.88. The van der Waals surface area contributed by atoms with Gasteiger partial charge in [0, 0.05) is 31.9 Å². The molecule has 2 heteroatoms. The normalized spacial score (nSPS) is 17.7. The van der Waals surface area contributed by atoms with Crippen LogP contribution >= 0.6 is 0 Å². The van der Waals surface area contributed by atoms with Gasteiger partial charge in [0.25, 0.3) is 0 Å². The van der Waals surface area contributed by atoms with Gasteiger partial charge in [-0.1, -0.05) is 30.4 Å². The van der Waals surface area contributed by atoms with E-state index in [4.69, 9.17) is 0 Å². The number of hydrogen-bond acceptors (Lipinski definition) is 1. The molecule has 0 amide bonds. The van der Waals surface area contributed by atoms with E-state index >= 15 is 0 Å². The van der Waals surface area contributed by atoms with Crippen molar-refractivity contribution in [1.82, 2.24) is 0 Å². The third-order valence-corrected chi connectivity index (χ3v) is 4.30. The van der Waals surface area contributed by atoms with Crippen molar-refractivity contribution in [2.75, 3.05) is 33.1 Å². The Balaban J connectivity index is 1.67. The molecule has 0 spiro atoms. The maximum atomic E-state index is 2.28. The fourth-order valence-corrected chi connectivity index (χ4v) is 2.80. The highest BCUT2D eigenvalue weighted by molar-refractivity contribution is 6.02. The van der Waals surface area contributed by atoms with Crippen molar-refractivity contribution < 1.29 is 4.58 Å². The molecule has 0 atom stereocenters. The van der Waals surface area contributed by atoms with Gasteiger partial charge in [-0.15, -0.1) is 0 Å². The molecule has 0 bridgehead atoms. The average Bonchev–Trinajstić information content (AvgIpc) is 2.53. The summed E-state index contributed by atoms with van der Waals surface area (Å²) < 4.78 is 2.12. The molecular weight excluding hydrogens is 292 g/mol. The molecule has 24 heavy (non-hydrogen) atoms. The number of nitrogens with zero attached hydrogens (tertiary/aromatic N) is 2. The molecule has 1 aromatic carbocycles. The van der Waals surface area contributed by atoms with Crippen LogP contribution in [0.2, 0.25) is 0 Å². The summed E-state index contributed by atoms with van der Waals surface area (Å²) in [5.74, 6) is 0. The third kappa shape index (κ3) is 3.83. The number of allylic oxidation sites excluding steroid dienone is 9. The Morgan fingerprint density at radius 2 is 1.54 bits per heavy atom. The molecule has 0 aromatic heterocycles. The molecule has 0 N–H and O–H groups in total. The molecule has 0 aliphatic heterocycles. The molecule has 0 radical (unpaired) electrons. The van der Waals surface area contributed by atoms with Gasteiger partial charge in [0.15, 0.2) is 5.71 Å². The number of benzene rings is 1. The fourth-order valence-electron chi connectivity index (χ4n) is 2.80. The number of rotatable bonds is 3. The highest BCUT2D eigenvalue weighted by Crippen LogP contribution is 2.30. The molecule has 0 fully saturated rings. The van der Waals surface area contributed by atoms with Crippen molar-refractivity contribution in [1.29, 1.82) is 0 Å². The summed E-state index contributed by atoms with van der Waals surface area (Å²) in [5, 5.41) is 0. The fraction of sp³-hybridized carbons (Fsp3) is 0.227. The quantitative estimate of drug-likeness (QED) is 0.756. The van der Waals surface area contributed by atoms with Crippen molar-refractivity contribution in [3.05, 3.63) is 83.0 Å². The molecule has 3 rings (SSSR count). The molecule has 0 heterocycles. The van der Waals surface area contributed by atoms with Crippen LogP contribution in [0.3, 0.4) is 0 Å². The average molecular weight is 317 g/mol. The summed E-state index contributed by atoms with van der Waals surface area (Å²) in [6.07, 6.45) is 16.5. The van der Waals surface area contributed by atoms with E-state index in [1.165, 1.54) is 33.7 Å². The van der Waals surface area contributed by atoms with Crippen molar-refractivity contribution in [2.45, 2.75) is 6.42 Å². The van der Waals surface area contributed by atoms with Crippen molar-refractivity contribution >= 4 is 17.5 Å². The minimum Gasteiger partial charge on any atom is -0.378 e. The number of anilines is 1. The lowest BCUT2D eigenvalue weighted by Gasteiger charge is -2.17. The summed E-state index contributed by atoms with van der Waals surface area (Å²) in [6.45, 7) is 0. The summed E-state index contributed by atoms with van der Waals surface area (Å²) in [5.41, 5.74) is 7.78. The second-order valence-electron chi connectivity index (χ2n) is 6.73. The molecule has 122 valence electrons. The summed E-state index contributed by atoms with van der Waals surface area (Å²) >= 11 is 0. The van der Waals surface area contributed by atoms with Crippen LogP contribution in [0.1, 0.15) is 12.0 Å². The van der Waals surface area contributed by atoms with Crippen LogP contribution in [0.5, 0.6) is 0 Å². The van der Waals surface area contributed by atoms with Gasteiger partial charge in [-0.3, -0.25) is 0 Å². The summed E-state index contributed by atoms with van der Waals surface area (Å²) in [7, 11) is 8.26. The van der Waals surface area contributed by atoms with E-state index in [9.17, 15) is 0 Å². The van der Waals surface area contributed by atoms with Gasteiger partial charge in [0.2, 0.25) is 0 Å². The molecule has 1 aromatic rings. The zero-order valence-electron chi connectivity index (χ0n) is 15.0. The van der Waals surface area contributed by atoms with Crippen LogP contribution in [0.15, 0.2) is 77.4 Å². The van der Waals surface area contributed by atoms with Crippen LogP contribution in [0, 0.1) is 0 Å². The van der Waals surface area contributed by atoms with E-state index in [-0.39, 0.29) is 0 Å². The van der Waals surface area contributed by atoms with E-state index in [0.717, 1.165) is 6.42 Å². The van der Waals surface area contributed by atoms with Gasteiger partial charge < -0.3 is 4.90 Å². The highest BCUT2D eigenvalue weighted by atomic mass is 15.1. The maximum Gasteiger partial charge on any atom is 0.199 e. The molecule has 2 nitrogen and oxygen atoms in total. The Morgan fingerprint density at radius 3 is 2.08 bits per heavy atom. The first-order chi connectivity index (χ1) is 11.5. The van der Waals surface area contributed by atoms with E-state index < -0.39 is 0 Å². The smallest absolute Gasteiger partial charge is 0.199 e. The first-order valence-electron chi connectivity index (χ1n) is 8.32. The van der Waals surface area contributed by atoms with Gasteiger partial charge in [-0.05, 0) is 53.0 Å². The Labute approximate surface area is 145 Å². The lowest BCUT2D eigenvalue weighted by atomic mass is 9.89. The van der Waals surface area contributed by atoms with E-state index in [1.807, 2.05) is 0 Å². The van der Waals surface area contributed by atoms with Crippen LogP contribution in [0.25, 0.3) is 6.08 Å². The van der Waals surface area contributed by atoms with Gasteiger partial charge in [0.05, 0.1) is 0 Å². The summed E-state index contributed by atoms with van der Waals surface area (Å²) in [6, 6.07) is 8.68. The first kappa shape index (κ1) is 16.3. The Bertz CT molecular complexity index is 788. The van der Waals surface area contributed by atoms with Crippen molar-refractivity contribution in [3.8, 4) is 0 Å². The predicted molar refractivity (Wildman–Crippen MR) is 105 cm³/mol. The largest absolute Gasteiger partial charge is 0.378 e. The van der Waals surface area contributed by atoms with E-state index in [0.29, 0.717) is 0 Å². The standard InChI is InChI=1S/C22H25N2/c1-23(2)21-9-5-17(6-10-21)13-19-15-20(16-19)14-18-7-11-22(12-8-18)24(3)4/h5-15H,16H2,1-4H3/q+1. The number of hydrogen-bond donors (Lipinski definition) is 0. The minimum atomic E-state index is 1.05. The second-order valence-corrected chi connectivity index (χ2v) is 6.73. The Hall–Kier alpha value is -2.61. The van der Waals surface area contributed by atoms with Crippen LogP contribution in [-0.4, -0.2) is 38.5 Å². The van der Waals surface area contributed by atoms with Crippen LogP contribution in [-0.2, 0) is 0 Å². The maximum absolute atomic E-state index is 2.28. The lowest BCUT2D eigenvalue weighted by Crippen LogP contribution is -2.09. The predicted octanol–water partition coefficient (Wildman–Crippen LogP) is 4.23. The molecule has 2 aliphatic rings.